The van der Waals surface area contributed by atoms with E-state index in [2.05, 4.69) is 25.8 Å². The van der Waals surface area contributed by atoms with Crippen LogP contribution >= 0.6 is 0 Å². The number of hydrogen-bond donors (Lipinski definition) is 2. The number of nitrogens with one attached hydrogen (secondary N) is 2. The maximum absolute atomic E-state index is 5.60. The van der Waals surface area contributed by atoms with E-state index in [4.69, 9.17) is 9.47 Å². The van der Waals surface area contributed by atoms with Crippen molar-refractivity contribution in [2.75, 3.05) is 30.9 Å². The van der Waals surface area contributed by atoms with Crippen LogP contribution in [-0.2, 0) is 4.74 Å². The van der Waals surface area contributed by atoms with Gasteiger partial charge in [0.2, 0.25) is 5.95 Å². The molecule has 0 unspecified atom stereocenters. The lowest BCUT2D eigenvalue weighted by atomic mass is 10.3. The molecule has 2 rings (SSSR count). The van der Waals surface area contributed by atoms with Crippen molar-refractivity contribution in [1.82, 2.24) is 15.2 Å². The van der Waals surface area contributed by atoms with E-state index in [0.29, 0.717) is 24.9 Å². The Labute approximate surface area is 130 Å². The molecule has 1 heterocycles. The minimum Gasteiger partial charge on any atom is -0.491 e. The molecule has 7 nitrogen and oxygen atoms in total. The Balaban J connectivity index is 1.96. The van der Waals surface area contributed by atoms with E-state index in [1.54, 1.807) is 13.3 Å². The summed E-state index contributed by atoms with van der Waals surface area (Å²) < 4.78 is 10.6. The molecule has 2 aromatic rings. The van der Waals surface area contributed by atoms with Crippen LogP contribution in [0, 0.1) is 0 Å². The molecule has 0 aliphatic rings. The normalized spacial score (nSPS) is 10.5. The maximum Gasteiger partial charge on any atom is 0.249 e. The quantitative estimate of drug-likeness (QED) is 0.725. The van der Waals surface area contributed by atoms with Gasteiger partial charge in [0.05, 0.1) is 18.9 Å². The first-order chi connectivity index (χ1) is 10.7. The van der Waals surface area contributed by atoms with Crippen LogP contribution in [0.15, 0.2) is 30.5 Å². The molecule has 2 N–H and O–H groups in total. The largest absolute Gasteiger partial charge is 0.491 e. The fourth-order valence-corrected chi connectivity index (χ4v) is 1.74. The molecule has 0 radical (unpaired) electrons. The minimum atomic E-state index is 0.154. The lowest BCUT2D eigenvalue weighted by molar-refractivity contribution is 0.210. The fraction of sp³-hybridized carbons (Fsp3) is 0.400. The Bertz CT molecular complexity index is 574. The lowest BCUT2D eigenvalue weighted by Crippen LogP contribution is -2.10. The lowest BCUT2D eigenvalue weighted by Gasteiger charge is -2.11. The summed E-state index contributed by atoms with van der Waals surface area (Å²) in [7, 11) is 1.65. The number of benzene rings is 1. The molecule has 0 bridgehead atoms. The predicted molar refractivity (Wildman–Crippen MR) is 85.7 cm³/mol. The van der Waals surface area contributed by atoms with E-state index < -0.39 is 0 Å². The third kappa shape index (κ3) is 5.17. The highest BCUT2D eigenvalue weighted by Crippen LogP contribution is 2.19. The Morgan fingerprint density at radius 2 is 1.95 bits per heavy atom. The highest BCUT2D eigenvalue weighted by atomic mass is 16.5. The van der Waals surface area contributed by atoms with Gasteiger partial charge in [-0.05, 0) is 38.1 Å². The van der Waals surface area contributed by atoms with Gasteiger partial charge in [-0.1, -0.05) is 0 Å². The molecule has 0 saturated heterocycles. The van der Waals surface area contributed by atoms with E-state index in [1.165, 1.54) is 0 Å². The van der Waals surface area contributed by atoms with E-state index in [-0.39, 0.29) is 6.10 Å². The Morgan fingerprint density at radius 3 is 2.64 bits per heavy atom. The molecule has 0 amide bonds. The second-order valence-corrected chi connectivity index (χ2v) is 4.90. The van der Waals surface area contributed by atoms with Crippen LogP contribution in [0.5, 0.6) is 5.75 Å². The van der Waals surface area contributed by atoms with E-state index in [0.717, 1.165) is 11.4 Å². The zero-order chi connectivity index (χ0) is 15.8. The van der Waals surface area contributed by atoms with Gasteiger partial charge in [0.25, 0.3) is 0 Å². The van der Waals surface area contributed by atoms with Gasteiger partial charge >= 0.3 is 0 Å². The van der Waals surface area contributed by atoms with Crippen molar-refractivity contribution in [1.29, 1.82) is 0 Å². The molecule has 0 atom stereocenters. The molecule has 0 saturated carbocycles. The molecule has 118 valence electrons. The van der Waals surface area contributed by atoms with E-state index in [1.807, 2.05) is 38.1 Å². The van der Waals surface area contributed by atoms with Crippen molar-refractivity contribution in [2.45, 2.75) is 20.0 Å². The molecule has 1 aromatic heterocycles. The predicted octanol–water partition coefficient (Wildman–Crippen LogP) is 2.46. The zero-order valence-electron chi connectivity index (χ0n) is 13.0. The van der Waals surface area contributed by atoms with Crippen LogP contribution in [0.25, 0.3) is 0 Å². The van der Waals surface area contributed by atoms with Crippen molar-refractivity contribution in [2.24, 2.45) is 0 Å². The third-order valence-corrected chi connectivity index (χ3v) is 2.65. The highest BCUT2D eigenvalue weighted by molar-refractivity contribution is 5.55. The summed E-state index contributed by atoms with van der Waals surface area (Å²) >= 11 is 0. The van der Waals surface area contributed by atoms with Gasteiger partial charge in [-0.15, -0.1) is 5.10 Å². The summed E-state index contributed by atoms with van der Waals surface area (Å²) in [6.07, 6.45) is 1.72. The smallest absolute Gasteiger partial charge is 0.249 e. The summed E-state index contributed by atoms with van der Waals surface area (Å²) in [6, 6.07) is 7.62. The van der Waals surface area contributed by atoms with Gasteiger partial charge in [-0.2, -0.15) is 10.1 Å². The summed E-state index contributed by atoms with van der Waals surface area (Å²) in [5.41, 5.74) is 0.868. The van der Waals surface area contributed by atoms with Gasteiger partial charge in [-0.3, -0.25) is 0 Å². The molecule has 0 spiro atoms. The summed E-state index contributed by atoms with van der Waals surface area (Å²) in [6.45, 7) is 5.25. The molecule has 1 aromatic carbocycles. The number of methoxy groups -OCH3 is 1. The van der Waals surface area contributed by atoms with Gasteiger partial charge < -0.3 is 20.1 Å². The topological polar surface area (TPSA) is 81.2 Å². The summed E-state index contributed by atoms with van der Waals surface area (Å²) in [5.74, 6) is 1.91. The number of nitrogens with zero attached hydrogens (tertiary/aromatic N) is 3. The Morgan fingerprint density at radius 1 is 1.18 bits per heavy atom. The highest BCUT2D eigenvalue weighted by Gasteiger charge is 2.02. The Hall–Kier alpha value is -2.41. The second kappa shape index (κ2) is 8.14. The first kappa shape index (κ1) is 16.0. The minimum absolute atomic E-state index is 0.154. The van der Waals surface area contributed by atoms with Crippen LogP contribution in [0.4, 0.5) is 17.5 Å². The maximum atomic E-state index is 5.60. The number of aromatic nitrogens is 3. The monoisotopic (exact) mass is 303 g/mol. The summed E-state index contributed by atoms with van der Waals surface area (Å²) in [4.78, 5) is 4.33. The van der Waals surface area contributed by atoms with Crippen molar-refractivity contribution in [3.63, 3.8) is 0 Å². The van der Waals surface area contributed by atoms with Gasteiger partial charge in [0.1, 0.15) is 5.75 Å². The average Bonchev–Trinajstić information content (AvgIpc) is 2.49. The number of anilines is 3. The molecule has 0 fully saturated rings. The molecule has 7 heteroatoms. The summed E-state index contributed by atoms with van der Waals surface area (Å²) in [5, 5.41) is 14.1. The van der Waals surface area contributed by atoms with Crippen molar-refractivity contribution in [3.8, 4) is 5.75 Å². The van der Waals surface area contributed by atoms with Crippen molar-refractivity contribution >= 4 is 17.5 Å². The van der Waals surface area contributed by atoms with Crippen LogP contribution in [-0.4, -0.2) is 41.5 Å². The number of hydrogen-bond acceptors (Lipinski definition) is 7. The van der Waals surface area contributed by atoms with Gasteiger partial charge in [-0.25, -0.2) is 0 Å². The third-order valence-electron chi connectivity index (χ3n) is 2.65. The fourth-order valence-electron chi connectivity index (χ4n) is 1.74. The van der Waals surface area contributed by atoms with E-state index >= 15 is 0 Å². The first-order valence-electron chi connectivity index (χ1n) is 7.13. The van der Waals surface area contributed by atoms with Gasteiger partial charge in [0, 0.05) is 19.3 Å². The van der Waals surface area contributed by atoms with Gasteiger partial charge in [0.15, 0.2) is 5.82 Å². The SMILES string of the molecule is COCCNc1cnnc(Nc2ccc(OC(C)C)cc2)n1. The molecule has 0 aliphatic heterocycles. The molecular weight excluding hydrogens is 282 g/mol. The van der Waals surface area contributed by atoms with Crippen molar-refractivity contribution < 1.29 is 9.47 Å². The molecular formula is C15H21N5O2. The van der Waals surface area contributed by atoms with Crippen molar-refractivity contribution in [3.05, 3.63) is 30.5 Å². The molecule has 0 aliphatic carbocycles. The second-order valence-electron chi connectivity index (χ2n) is 4.90. The van der Waals surface area contributed by atoms with Crippen LogP contribution in [0.3, 0.4) is 0 Å². The Kier molecular flexibility index (Phi) is 5.91. The number of ether oxygens (including phenoxy) is 2. The first-order valence-corrected chi connectivity index (χ1v) is 7.13. The van der Waals surface area contributed by atoms with Crippen LogP contribution in [0.1, 0.15) is 13.8 Å². The molecule has 22 heavy (non-hydrogen) atoms. The number of rotatable bonds is 8. The van der Waals surface area contributed by atoms with Crippen LogP contribution < -0.4 is 15.4 Å². The zero-order valence-corrected chi connectivity index (χ0v) is 13.0. The standard InChI is InChI=1S/C15H21N5O2/c1-11(2)22-13-6-4-12(5-7-13)18-15-19-14(10-17-20-15)16-8-9-21-3/h4-7,10-11H,8-9H2,1-3H3,(H2,16,18,19,20). The van der Waals surface area contributed by atoms with Crippen LogP contribution in [0.2, 0.25) is 0 Å². The average molecular weight is 303 g/mol. The van der Waals surface area contributed by atoms with E-state index in [9.17, 15) is 0 Å².